The molecule has 1 saturated heterocycles. The Labute approximate surface area is 131 Å². The van der Waals surface area contributed by atoms with Crippen LogP contribution in [0.1, 0.15) is 6.92 Å². The van der Waals surface area contributed by atoms with Crippen LogP contribution in [0.15, 0.2) is 9.59 Å². The number of fused-ring (bicyclic) bond motifs is 1. The van der Waals surface area contributed by atoms with Crippen LogP contribution in [-0.2, 0) is 30.2 Å². The van der Waals surface area contributed by atoms with Crippen molar-refractivity contribution >= 4 is 22.9 Å². The molecule has 0 N–H and O–H groups in total. The fourth-order valence-corrected chi connectivity index (χ4v) is 2.84. The van der Waals surface area contributed by atoms with Crippen molar-refractivity contribution in [3.05, 3.63) is 20.8 Å². The maximum Gasteiger partial charge on any atom is 0.332 e. The summed E-state index contributed by atoms with van der Waals surface area (Å²) in [6, 6.07) is 0. The summed E-state index contributed by atoms with van der Waals surface area (Å²) in [4.78, 5) is 42.8. The first-order valence-electron chi connectivity index (χ1n) is 7.40. The van der Waals surface area contributed by atoms with Gasteiger partial charge < -0.3 is 14.2 Å². The van der Waals surface area contributed by atoms with Gasteiger partial charge in [-0.1, -0.05) is 0 Å². The average molecular weight is 321 g/mol. The lowest BCUT2D eigenvalue weighted by atomic mass is 10.4. The van der Waals surface area contributed by atoms with Crippen LogP contribution >= 0.6 is 0 Å². The number of rotatable bonds is 3. The van der Waals surface area contributed by atoms with Crippen LogP contribution in [-0.4, -0.2) is 50.8 Å². The monoisotopic (exact) mass is 321 g/mol. The van der Waals surface area contributed by atoms with Gasteiger partial charge in [0.05, 0.1) is 19.8 Å². The molecule has 23 heavy (non-hydrogen) atoms. The summed E-state index contributed by atoms with van der Waals surface area (Å²) in [5.41, 5.74) is -0.393. The normalized spacial score (nSPS) is 15.3. The summed E-state index contributed by atoms with van der Waals surface area (Å²) in [6.45, 7) is 3.64. The van der Waals surface area contributed by atoms with Crippen molar-refractivity contribution in [3.8, 4) is 0 Å². The molecule has 3 rings (SSSR count). The van der Waals surface area contributed by atoms with Gasteiger partial charge in [0.25, 0.3) is 5.56 Å². The van der Waals surface area contributed by atoms with E-state index in [0.717, 1.165) is 4.57 Å². The minimum Gasteiger partial charge on any atom is -0.378 e. The van der Waals surface area contributed by atoms with Gasteiger partial charge in [-0.2, -0.15) is 4.98 Å². The number of Topliss-reactive ketones (excluding diaryl/α,β-unsaturated/α-hetero) is 1. The van der Waals surface area contributed by atoms with E-state index in [1.807, 2.05) is 4.90 Å². The predicted octanol–water partition coefficient (Wildman–Crippen LogP) is -1.14. The van der Waals surface area contributed by atoms with Crippen molar-refractivity contribution < 1.29 is 9.53 Å². The number of carbonyl (C=O) groups is 1. The Morgan fingerprint density at radius 2 is 1.83 bits per heavy atom. The molecule has 0 atom stereocenters. The average Bonchev–Trinajstić information content (AvgIpc) is 2.88. The highest BCUT2D eigenvalue weighted by molar-refractivity contribution is 5.77. The highest BCUT2D eigenvalue weighted by Crippen LogP contribution is 2.18. The van der Waals surface area contributed by atoms with E-state index in [9.17, 15) is 14.4 Å². The number of ether oxygens (including phenoxy) is 1. The molecule has 0 bridgehead atoms. The lowest BCUT2D eigenvalue weighted by molar-refractivity contribution is -0.117. The van der Waals surface area contributed by atoms with Crippen LogP contribution in [0.3, 0.4) is 0 Å². The number of anilines is 1. The Balaban J connectivity index is 2.25. The molecule has 3 heterocycles. The fourth-order valence-electron chi connectivity index (χ4n) is 2.84. The number of imidazole rings is 1. The van der Waals surface area contributed by atoms with Crippen LogP contribution < -0.4 is 16.1 Å². The highest BCUT2D eigenvalue weighted by atomic mass is 16.5. The first-order chi connectivity index (χ1) is 10.9. The number of nitrogens with zero attached hydrogens (tertiary/aromatic N) is 5. The van der Waals surface area contributed by atoms with Gasteiger partial charge in [-0.3, -0.25) is 18.7 Å². The Bertz CT molecular complexity index is 885. The number of morpholine rings is 1. The van der Waals surface area contributed by atoms with Crippen LogP contribution in [0.4, 0.5) is 5.95 Å². The SMILES string of the molecule is CC(=O)Cn1c(=O)c2c(nc(N3CCOCC3)n2C)n(C)c1=O. The zero-order valence-corrected chi connectivity index (χ0v) is 13.4. The molecule has 2 aromatic rings. The highest BCUT2D eigenvalue weighted by Gasteiger charge is 2.23. The second kappa shape index (κ2) is 5.65. The molecule has 0 amide bonds. The molecule has 0 radical (unpaired) electrons. The van der Waals surface area contributed by atoms with Crippen molar-refractivity contribution in [1.29, 1.82) is 0 Å². The van der Waals surface area contributed by atoms with E-state index in [2.05, 4.69) is 4.98 Å². The third-order valence-electron chi connectivity index (χ3n) is 4.01. The molecule has 0 saturated carbocycles. The molecule has 9 nitrogen and oxygen atoms in total. The van der Waals surface area contributed by atoms with Gasteiger partial charge in [0.1, 0.15) is 5.78 Å². The number of hydrogen-bond acceptors (Lipinski definition) is 6. The van der Waals surface area contributed by atoms with Crippen LogP contribution in [0.2, 0.25) is 0 Å². The first kappa shape index (κ1) is 15.5. The lowest BCUT2D eigenvalue weighted by Crippen LogP contribution is -2.41. The Morgan fingerprint density at radius 1 is 1.17 bits per heavy atom. The van der Waals surface area contributed by atoms with Crippen LogP contribution in [0.25, 0.3) is 11.2 Å². The lowest BCUT2D eigenvalue weighted by Gasteiger charge is -2.27. The predicted molar refractivity (Wildman–Crippen MR) is 83.9 cm³/mol. The van der Waals surface area contributed by atoms with Gasteiger partial charge in [-0.05, 0) is 6.92 Å². The second-order valence-corrected chi connectivity index (χ2v) is 5.68. The molecule has 1 aliphatic rings. The summed E-state index contributed by atoms with van der Waals surface area (Å²) in [7, 11) is 3.29. The summed E-state index contributed by atoms with van der Waals surface area (Å²) in [5.74, 6) is 0.370. The van der Waals surface area contributed by atoms with E-state index in [4.69, 9.17) is 4.74 Å². The summed E-state index contributed by atoms with van der Waals surface area (Å²) < 4.78 is 9.27. The Hall–Kier alpha value is -2.42. The Morgan fingerprint density at radius 3 is 2.43 bits per heavy atom. The summed E-state index contributed by atoms with van der Waals surface area (Å²) in [6.07, 6.45) is 0. The molecule has 0 spiro atoms. The molecule has 124 valence electrons. The molecular formula is C14H19N5O4. The van der Waals surface area contributed by atoms with Crippen molar-refractivity contribution in [1.82, 2.24) is 18.7 Å². The topological polar surface area (TPSA) is 91.4 Å². The van der Waals surface area contributed by atoms with Crippen molar-refractivity contribution in [3.63, 3.8) is 0 Å². The molecule has 0 unspecified atom stereocenters. The van der Waals surface area contributed by atoms with Gasteiger partial charge in [-0.25, -0.2) is 4.79 Å². The van der Waals surface area contributed by atoms with Crippen molar-refractivity contribution in [2.75, 3.05) is 31.2 Å². The molecule has 0 aliphatic carbocycles. The molecule has 2 aromatic heterocycles. The van der Waals surface area contributed by atoms with E-state index in [-0.39, 0.29) is 12.3 Å². The maximum absolute atomic E-state index is 12.6. The number of aryl methyl sites for hydroxylation is 2. The van der Waals surface area contributed by atoms with Gasteiger partial charge in [-0.15, -0.1) is 0 Å². The molecule has 1 aliphatic heterocycles. The number of ketones is 1. The number of carbonyl (C=O) groups excluding carboxylic acids is 1. The van der Waals surface area contributed by atoms with Crippen LogP contribution in [0, 0.1) is 0 Å². The standard InChI is InChI=1S/C14H19N5O4/c1-9(20)8-19-12(21)10-11(17(3)14(19)22)15-13(16(10)2)18-4-6-23-7-5-18/h4-8H2,1-3H3. The van der Waals surface area contributed by atoms with Gasteiger partial charge in [0.15, 0.2) is 11.2 Å². The Kier molecular flexibility index (Phi) is 3.80. The third kappa shape index (κ3) is 2.46. The fraction of sp³-hybridized carbons (Fsp3) is 0.571. The largest absolute Gasteiger partial charge is 0.378 e. The number of hydrogen-bond donors (Lipinski definition) is 0. The smallest absolute Gasteiger partial charge is 0.332 e. The van der Waals surface area contributed by atoms with Crippen molar-refractivity contribution in [2.45, 2.75) is 13.5 Å². The van der Waals surface area contributed by atoms with E-state index < -0.39 is 11.2 Å². The third-order valence-corrected chi connectivity index (χ3v) is 4.01. The maximum atomic E-state index is 12.6. The quantitative estimate of drug-likeness (QED) is 0.710. The molecule has 0 aromatic carbocycles. The minimum absolute atomic E-state index is 0.237. The van der Waals surface area contributed by atoms with Gasteiger partial charge in [0.2, 0.25) is 5.95 Å². The zero-order chi connectivity index (χ0) is 16.7. The zero-order valence-electron chi connectivity index (χ0n) is 13.4. The van der Waals surface area contributed by atoms with Crippen LogP contribution in [0.5, 0.6) is 0 Å². The van der Waals surface area contributed by atoms with Gasteiger partial charge in [0, 0.05) is 27.2 Å². The van der Waals surface area contributed by atoms with E-state index in [1.165, 1.54) is 11.5 Å². The van der Waals surface area contributed by atoms with E-state index in [0.29, 0.717) is 43.4 Å². The van der Waals surface area contributed by atoms with Crippen molar-refractivity contribution in [2.24, 2.45) is 14.1 Å². The number of aromatic nitrogens is 4. The minimum atomic E-state index is -0.538. The molecule has 1 fully saturated rings. The molecule has 9 heteroatoms. The second-order valence-electron chi connectivity index (χ2n) is 5.68. The molecular weight excluding hydrogens is 302 g/mol. The summed E-state index contributed by atoms with van der Waals surface area (Å²) >= 11 is 0. The first-order valence-corrected chi connectivity index (χ1v) is 7.40. The summed E-state index contributed by atoms with van der Waals surface area (Å²) in [5, 5.41) is 0. The van der Waals surface area contributed by atoms with Gasteiger partial charge >= 0.3 is 5.69 Å². The van der Waals surface area contributed by atoms with E-state index in [1.54, 1.807) is 18.7 Å². The van der Waals surface area contributed by atoms with E-state index >= 15 is 0 Å².